The lowest BCUT2D eigenvalue weighted by atomic mass is 10.0. The molecule has 0 amide bonds. The van der Waals surface area contributed by atoms with Gasteiger partial charge >= 0.3 is 0 Å². The van der Waals surface area contributed by atoms with E-state index >= 15 is 0 Å². The maximum atomic E-state index is 2.41. The molecule has 9 aromatic rings. The first-order valence-corrected chi connectivity index (χ1v) is 16.0. The van der Waals surface area contributed by atoms with Crippen LogP contribution in [0.25, 0.3) is 55.2 Å². The Balaban J connectivity index is 1.18. The predicted octanol–water partition coefficient (Wildman–Crippen LogP) is 11.9. The van der Waals surface area contributed by atoms with E-state index in [0.717, 1.165) is 28.4 Å². The number of anilines is 3. The zero-order chi connectivity index (χ0) is 31.2. The van der Waals surface area contributed by atoms with Crippen LogP contribution in [0.3, 0.4) is 0 Å². The van der Waals surface area contributed by atoms with Gasteiger partial charge in [-0.1, -0.05) is 109 Å². The van der Waals surface area contributed by atoms with Crippen molar-refractivity contribution < 1.29 is 0 Å². The molecular weight excluding hydrogens is 571 g/mol. The molecule has 47 heavy (non-hydrogen) atoms. The zero-order valence-electron chi connectivity index (χ0n) is 25.7. The maximum absolute atomic E-state index is 2.41. The number of hydrogen-bond donors (Lipinski definition) is 0. The van der Waals surface area contributed by atoms with Crippen molar-refractivity contribution in [3.05, 3.63) is 188 Å². The van der Waals surface area contributed by atoms with E-state index in [4.69, 9.17) is 0 Å². The van der Waals surface area contributed by atoms with Gasteiger partial charge in [-0.15, -0.1) is 0 Å². The standard InChI is InChI=1S/C44H31N3/c1-4-12-32(13-5-1)33-20-23-38(24-21-33)46(36-14-6-2-7-15-36)39-27-25-35(26-28-39)45-31-30-34-22-29-41-40-18-10-11-19-42(40)47(44(41)43(34)45)37-16-8-3-9-17-37/h1-31H. The molecule has 0 aliphatic carbocycles. The SMILES string of the molecule is c1ccc(-c2ccc(N(c3ccccc3)c3ccc(-n4ccc5ccc6c7ccccc7n(-c7ccccc7)c6c54)cc3)cc2)cc1. The number of aromatic nitrogens is 2. The number of rotatable bonds is 6. The van der Waals surface area contributed by atoms with Crippen LogP contribution in [0.1, 0.15) is 0 Å². The van der Waals surface area contributed by atoms with E-state index in [1.807, 2.05) is 0 Å². The van der Waals surface area contributed by atoms with E-state index in [1.165, 1.54) is 43.8 Å². The summed E-state index contributed by atoms with van der Waals surface area (Å²) in [5, 5.41) is 3.72. The largest absolute Gasteiger partial charge is 0.315 e. The Bertz CT molecular complexity index is 2470. The fraction of sp³-hybridized carbons (Fsp3) is 0. The van der Waals surface area contributed by atoms with Gasteiger partial charge in [0.25, 0.3) is 0 Å². The van der Waals surface area contributed by atoms with Crippen LogP contribution in [0, 0.1) is 0 Å². The maximum Gasteiger partial charge on any atom is 0.0788 e. The van der Waals surface area contributed by atoms with Crippen LogP contribution in [-0.2, 0) is 0 Å². The summed E-state index contributed by atoms with van der Waals surface area (Å²) in [6, 6.07) is 65.0. The number of fused-ring (bicyclic) bond motifs is 5. The number of benzene rings is 7. The normalized spacial score (nSPS) is 11.4. The molecule has 0 aliphatic rings. The van der Waals surface area contributed by atoms with Gasteiger partial charge in [0, 0.05) is 50.8 Å². The number of hydrogen-bond acceptors (Lipinski definition) is 1. The lowest BCUT2D eigenvalue weighted by Crippen LogP contribution is -2.10. The van der Waals surface area contributed by atoms with Gasteiger partial charge in [-0.2, -0.15) is 0 Å². The minimum atomic E-state index is 1.10. The van der Waals surface area contributed by atoms with Gasteiger partial charge in [-0.25, -0.2) is 0 Å². The van der Waals surface area contributed by atoms with E-state index < -0.39 is 0 Å². The molecule has 0 unspecified atom stereocenters. The highest BCUT2D eigenvalue weighted by molar-refractivity contribution is 6.18. The van der Waals surface area contributed by atoms with Crippen molar-refractivity contribution in [2.24, 2.45) is 0 Å². The van der Waals surface area contributed by atoms with Crippen molar-refractivity contribution in [3.8, 4) is 22.5 Å². The molecule has 9 rings (SSSR count). The van der Waals surface area contributed by atoms with Gasteiger partial charge < -0.3 is 14.0 Å². The number of para-hydroxylation sites is 3. The monoisotopic (exact) mass is 601 g/mol. The molecule has 0 fully saturated rings. The second kappa shape index (κ2) is 11.2. The minimum absolute atomic E-state index is 1.10. The van der Waals surface area contributed by atoms with Gasteiger partial charge in [0.05, 0.1) is 16.6 Å². The summed E-state index contributed by atoms with van der Waals surface area (Å²) in [5.74, 6) is 0. The molecule has 0 bridgehead atoms. The first-order valence-electron chi connectivity index (χ1n) is 16.0. The molecule has 0 aliphatic heterocycles. The molecule has 2 aromatic heterocycles. The topological polar surface area (TPSA) is 13.1 Å². The lowest BCUT2D eigenvalue weighted by molar-refractivity contribution is 1.11. The minimum Gasteiger partial charge on any atom is -0.315 e. The van der Waals surface area contributed by atoms with E-state index in [2.05, 4.69) is 202 Å². The molecule has 0 spiro atoms. The van der Waals surface area contributed by atoms with Crippen molar-refractivity contribution in [3.63, 3.8) is 0 Å². The van der Waals surface area contributed by atoms with Crippen molar-refractivity contribution in [1.82, 2.24) is 9.13 Å². The molecule has 222 valence electrons. The van der Waals surface area contributed by atoms with Crippen molar-refractivity contribution in [2.45, 2.75) is 0 Å². The molecule has 0 N–H and O–H groups in total. The van der Waals surface area contributed by atoms with Gasteiger partial charge in [0.2, 0.25) is 0 Å². The van der Waals surface area contributed by atoms with E-state index in [0.29, 0.717) is 0 Å². The summed E-state index contributed by atoms with van der Waals surface area (Å²) in [7, 11) is 0. The summed E-state index contributed by atoms with van der Waals surface area (Å²) in [4.78, 5) is 2.32. The molecule has 3 heteroatoms. The molecule has 3 nitrogen and oxygen atoms in total. The Labute approximate surface area is 273 Å². The van der Waals surface area contributed by atoms with E-state index in [1.54, 1.807) is 0 Å². The molecule has 0 radical (unpaired) electrons. The molecule has 0 atom stereocenters. The molecular formula is C44H31N3. The van der Waals surface area contributed by atoms with Gasteiger partial charge in [0.15, 0.2) is 0 Å². The molecule has 2 heterocycles. The van der Waals surface area contributed by atoms with Crippen LogP contribution in [0.15, 0.2) is 188 Å². The van der Waals surface area contributed by atoms with Gasteiger partial charge in [-0.3, -0.25) is 0 Å². The van der Waals surface area contributed by atoms with Crippen LogP contribution in [0.4, 0.5) is 17.1 Å². The quantitative estimate of drug-likeness (QED) is 0.185. The van der Waals surface area contributed by atoms with E-state index in [-0.39, 0.29) is 0 Å². The third-order valence-electron chi connectivity index (χ3n) is 9.13. The molecule has 0 saturated heterocycles. The highest BCUT2D eigenvalue weighted by Gasteiger charge is 2.18. The van der Waals surface area contributed by atoms with Crippen LogP contribution >= 0.6 is 0 Å². The summed E-state index contributed by atoms with van der Waals surface area (Å²) >= 11 is 0. The first-order chi connectivity index (χ1) is 23.3. The first kappa shape index (κ1) is 27.0. The van der Waals surface area contributed by atoms with Crippen LogP contribution in [-0.4, -0.2) is 9.13 Å². The highest BCUT2D eigenvalue weighted by atomic mass is 15.1. The summed E-state index contributed by atoms with van der Waals surface area (Å²) in [6.07, 6.45) is 2.20. The Hall–Kier alpha value is -6.32. The Kier molecular flexibility index (Phi) is 6.46. The molecule has 0 saturated carbocycles. The van der Waals surface area contributed by atoms with Gasteiger partial charge in [-0.05, 0) is 83.9 Å². The van der Waals surface area contributed by atoms with Crippen molar-refractivity contribution in [1.29, 1.82) is 0 Å². The summed E-state index contributed by atoms with van der Waals surface area (Å²) in [6.45, 7) is 0. The van der Waals surface area contributed by atoms with Gasteiger partial charge in [0.1, 0.15) is 0 Å². The van der Waals surface area contributed by atoms with E-state index in [9.17, 15) is 0 Å². The van der Waals surface area contributed by atoms with Crippen LogP contribution in [0.2, 0.25) is 0 Å². The fourth-order valence-electron chi connectivity index (χ4n) is 6.95. The van der Waals surface area contributed by atoms with Crippen molar-refractivity contribution >= 4 is 49.8 Å². The Morgan fingerprint density at radius 2 is 0.936 bits per heavy atom. The fourth-order valence-corrected chi connectivity index (χ4v) is 6.95. The number of nitrogens with zero attached hydrogens (tertiary/aromatic N) is 3. The smallest absolute Gasteiger partial charge is 0.0788 e. The average Bonchev–Trinajstić information content (AvgIpc) is 3.73. The Morgan fingerprint density at radius 3 is 1.66 bits per heavy atom. The summed E-state index contributed by atoms with van der Waals surface area (Å²) < 4.78 is 4.75. The summed E-state index contributed by atoms with van der Waals surface area (Å²) in [5.41, 5.74) is 11.7. The third-order valence-corrected chi connectivity index (χ3v) is 9.13. The van der Waals surface area contributed by atoms with Crippen LogP contribution < -0.4 is 4.90 Å². The van der Waals surface area contributed by atoms with Crippen molar-refractivity contribution in [2.75, 3.05) is 4.90 Å². The lowest BCUT2D eigenvalue weighted by Gasteiger charge is -2.26. The average molecular weight is 602 g/mol. The molecule has 7 aromatic carbocycles. The van der Waals surface area contributed by atoms with Crippen LogP contribution in [0.5, 0.6) is 0 Å². The second-order valence-electron chi connectivity index (χ2n) is 11.9. The Morgan fingerprint density at radius 1 is 0.362 bits per heavy atom. The second-order valence-corrected chi connectivity index (χ2v) is 11.9. The zero-order valence-corrected chi connectivity index (χ0v) is 25.7. The third kappa shape index (κ3) is 4.60. The highest BCUT2D eigenvalue weighted by Crippen LogP contribution is 2.39. The predicted molar refractivity (Wildman–Crippen MR) is 198 cm³/mol.